The number of carbonyl (C=O) groups excluding carboxylic acids is 1. The lowest BCUT2D eigenvalue weighted by Gasteiger charge is -2.36. The second kappa shape index (κ2) is 9.24. The number of nitrogens with one attached hydrogen (secondary N) is 2. The second-order valence-electron chi connectivity index (χ2n) is 7.73. The van der Waals surface area contributed by atoms with Gasteiger partial charge in [0.1, 0.15) is 12.1 Å². The topological polar surface area (TPSA) is 113 Å². The summed E-state index contributed by atoms with van der Waals surface area (Å²) in [6.45, 7) is 3.96. The Morgan fingerprint density at radius 2 is 2.15 bits per heavy atom. The number of ether oxygens (including phenoxy) is 1. The average molecular weight is 487 g/mol. The van der Waals surface area contributed by atoms with Gasteiger partial charge in [0, 0.05) is 36.4 Å². The Bertz CT molecular complexity index is 1300. The Morgan fingerprint density at radius 1 is 1.35 bits per heavy atom. The zero-order valence-electron chi connectivity index (χ0n) is 18.2. The maximum absolute atomic E-state index is 14.5. The average Bonchev–Trinajstić information content (AvgIpc) is 3.24. The quantitative estimate of drug-likeness (QED) is 0.345. The molecule has 11 heteroatoms. The van der Waals surface area contributed by atoms with Gasteiger partial charge < -0.3 is 15.2 Å². The van der Waals surface area contributed by atoms with Crippen molar-refractivity contribution in [3.63, 3.8) is 0 Å². The van der Waals surface area contributed by atoms with Crippen LogP contribution in [-0.4, -0.2) is 46.9 Å². The number of carboxylic acid groups (broad SMARTS) is 1. The SMILES string of the molecule is C=CC(=O)[N+]1(c2cc3c(Nc4cccc(Cl)c4F)ncnc3cc2OC)CCCC1NC(=O)O. The lowest BCUT2D eigenvalue weighted by molar-refractivity contribution is -0.126. The molecule has 0 saturated carbocycles. The van der Waals surface area contributed by atoms with Crippen LogP contribution in [0.1, 0.15) is 12.8 Å². The molecule has 1 saturated heterocycles. The first-order valence-electron chi connectivity index (χ1n) is 10.4. The van der Waals surface area contributed by atoms with Gasteiger partial charge in [0.2, 0.25) is 0 Å². The van der Waals surface area contributed by atoms with Gasteiger partial charge in [0.15, 0.2) is 23.4 Å². The van der Waals surface area contributed by atoms with E-state index >= 15 is 0 Å². The summed E-state index contributed by atoms with van der Waals surface area (Å²) in [6.07, 6.45) is 1.53. The van der Waals surface area contributed by atoms with Crippen molar-refractivity contribution in [2.24, 2.45) is 0 Å². The van der Waals surface area contributed by atoms with E-state index in [0.29, 0.717) is 41.7 Å². The van der Waals surface area contributed by atoms with E-state index in [2.05, 4.69) is 27.2 Å². The van der Waals surface area contributed by atoms with Crippen LogP contribution < -0.4 is 19.9 Å². The molecule has 0 aliphatic carbocycles. The van der Waals surface area contributed by atoms with Gasteiger partial charge >= 0.3 is 12.0 Å². The largest absolute Gasteiger partial charge is 0.491 e. The first-order chi connectivity index (χ1) is 16.3. The third kappa shape index (κ3) is 3.91. The van der Waals surface area contributed by atoms with Crippen molar-refractivity contribution in [3.8, 4) is 5.75 Å². The fourth-order valence-electron chi connectivity index (χ4n) is 4.44. The van der Waals surface area contributed by atoms with Crippen molar-refractivity contribution in [2.45, 2.75) is 19.0 Å². The second-order valence-corrected chi connectivity index (χ2v) is 8.14. The standard InChI is InChI=1S/C23H21ClFN5O4/c1-3-20(31)30(9-5-8-19(30)29-23(32)33)17-10-13-16(11-18(17)34-2)26-12-27-22(13)28-15-7-4-6-14(24)21(15)25/h3-4,6-7,10-12,19,29H,1,5,8-9H2,2H3,(H-,26,27,28,32,33)/p+1. The number of amides is 2. The van der Waals surface area contributed by atoms with Gasteiger partial charge in [-0.15, -0.1) is 0 Å². The molecule has 2 amide bonds. The molecule has 0 spiro atoms. The van der Waals surface area contributed by atoms with Crippen molar-refractivity contribution >= 4 is 51.7 Å². The van der Waals surface area contributed by atoms with Crippen molar-refractivity contribution < 1.29 is 23.8 Å². The number of anilines is 2. The highest BCUT2D eigenvalue weighted by Gasteiger charge is 2.51. The lowest BCUT2D eigenvalue weighted by atomic mass is 10.1. The molecule has 2 unspecified atom stereocenters. The third-order valence-electron chi connectivity index (χ3n) is 5.95. The number of hydrogen-bond donors (Lipinski definition) is 3. The predicted molar refractivity (Wildman–Crippen MR) is 127 cm³/mol. The van der Waals surface area contributed by atoms with Gasteiger partial charge in [0.25, 0.3) is 0 Å². The van der Waals surface area contributed by atoms with E-state index in [-0.39, 0.29) is 26.9 Å². The number of carbonyl (C=O) groups is 2. The molecule has 2 atom stereocenters. The number of quaternary nitrogens is 1. The van der Waals surface area contributed by atoms with Crippen LogP contribution in [0.2, 0.25) is 5.02 Å². The highest BCUT2D eigenvalue weighted by atomic mass is 35.5. The van der Waals surface area contributed by atoms with E-state index in [1.54, 1.807) is 18.2 Å². The van der Waals surface area contributed by atoms with Crippen LogP contribution in [0.3, 0.4) is 0 Å². The van der Waals surface area contributed by atoms with E-state index < -0.39 is 18.1 Å². The number of rotatable bonds is 6. The van der Waals surface area contributed by atoms with Gasteiger partial charge in [-0.3, -0.25) is 5.32 Å². The molecule has 1 aromatic heterocycles. The van der Waals surface area contributed by atoms with Crippen LogP contribution in [0.15, 0.2) is 49.3 Å². The molecule has 1 aliphatic rings. The Kier molecular flexibility index (Phi) is 6.36. The molecule has 1 fully saturated rings. The van der Waals surface area contributed by atoms with Gasteiger partial charge in [-0.05, 0) is 12.1 Å². The smallest absolute Gasteiger partial charge is 0.409 e. The number of hydrogen-bond acceptors (Lipinski definition) is 6. The number of fused-ring (bicyclic) bond motifs is 1. The molecule has 3 N–H and O–H groups in total. The molecule has 9 nitrogen and oxygen atoms in total. The first-order valence-corrected chi connectivity index (χ1v) is 10.8. The Labute approximate surface area is 199 Å². The van der Waals surface area contributed by atoms with Crippen molar-refractivity contribution in [2.75, 3.05) is 19.0 Å². The highest BCUT2D eigenvalue weighted by molar-refractivity contribution is 6.31. The molecule has 2 aromatic carbocycles. The predicted octanol–water partition coefficient (Wildman–Crippen LogP) is 4.58. The highest BCUT2D eigenvalue weighted by Crippen LogP contribution is 2.43. The minimum absolute atomic E-state index is 0.0496. The maximum atomic E-state index is 14.5. The fraction of sp³-hybridized carbons (Fsp3) is 0.217. The molecule has 4 rings (SSSR count). The van der Waals surface area contributed by atoms with Gasteiger partial charge in [-0.2, -0.15) is 0 Å². The van der Waals surface area contributed by atoms with Crippen LogP contribution in [-0.2, 0) is 4.79 Å². The summed E-state index contributed by atoms with van der Waals surface area (Å²) < 4.78 is 19.8. The number of halogens is 2. The normalized spacial score (nSPS) is 19.6. The molecular weight excluding hydrogens is 465 g/mol. The summed E-state index contributed by atoms with van der Waals surface area (Å²) in [6, 6.07) is 7.85. The zero-order chi connectivity index (χ0) is 24.5. The molecule has 2 heterocycles. The summed E-state index contributed by atoms with van der Waals surface area (Å²) in [5.74, 6) is -0.400. The lowest BCUT2D eigenvalue weighted by Crippen LogP contribution is -2.62. The van der Waals surface area contributed by atoms with E-state index in [9.17, 15) is 19.1 Å². The van der Waals surface area contributed by atoms with E-state index in [4.69, 9.17) is 16.3 Å². The molecule has 1 aliphatic heterocycles. The van der Waals surface area contributed by atoms with Gasteiger partial charge in [-0.25, -0.2) is 28.4 Å². The van der Waals surface area contributed by atoms with Crippen molar-refractivity contribution in [1.29, 1.82) is 0 Å². The summed E-state index contributed by atoms with van der Waals surface area (Å²) in [7, 11) is 1.46. The van der Waals surface area contributed by atoms with E-state index in [1.165, 1.54) is 31.6 Å². The monoisotopic (exact) mass is 486 g/mol. The van der Waals surface area contributed by atoms with Crippen LogP contribution in [0, 0.1) is 5.82 Å². The maximum Gasteiger partial charge on any atom is 0.409 e. The zero-order valence-corrected chi connectivity index (χ0v) is 19.0. The van der Waals surface area contributed by atoms with E-state index in [0.717, 1.165) is 0 Å². The Balaban J connectivity index is 1.94. The molecule has 0 bridgehead atoms. The molecular formula is C23H22ClFN5O4+. The molecule has 34 heavy (non-hydrogen) atoms. The summed E-state index contributed by atoms with van der Waals surface area (Å²) in [5.41, 5.74) is 1.01. The van der Waals surface area contributed by atoms with Crippen LogP contribution in [0.25, 0.3) is 10.9 Å². The van der Waals surface area contributed by atoms with Crippen LogP contribution >= 0.6 is 11.6 Å². The summed E-state index contributed by atoms with van der Waals surface area (Å²) in [5, 5.41) is 15.2. The minimum atomic E-state index is -1.24. The fourth-order valence-corrected chi connectivity index (χ4v) is 4.62. The minimum Gasteiger partial charge on any atom is -0.491 e. The Hall–Kier alpha value is -3.76. The van der Waals surface area contributed by atoms with Gasteiger partial charge in [0.05, 0.1) is 29.9 Å². The molecule has 176 valence electrons. The number of benzene rings is 2. The van der Waals surface area contributed by atoms with Crippen LogP contribution in [0.4, 0.5) is 26.4 Å². The summed E-state index contributed by atoms with van der Waals surface area (Å²) >= 11 is 5.91. The molecule has 3 aromatic rings. The first kappa shape index (κ1) is 23.4. The van der Waals surface area contributed by atoms with Crippen LogP contribution in [0.5, 0.6) is 5.75 Å². The van der Waals surface area contributed by atoms with Gasteiger partial charge in [-0.1, -0.05) is 24.2 Å². The molecule has 0 radical (unpaired) electrons. The third-order valence-corrected chi connectivity index (χ3v) is 6.24. The van der Waals surface area contributed by atoms with E-state index in [1.807, 2.05) is 0 Å². The number of likely N-dealkylation sites (tertiary alicyclic amines) is 1. The number of aromatic nitrogens is 2. The number of methoxy groups -OCH3 is 1. The number of nitrogens with zero attached hydrogens (tertiary/aromatic N) is 3. The van der Waals surface area contributed by atoms with Crippen molar-refractivity contribution in [1.82, 2.24) is 19.8 Å². The summed E-state index contributed by atoms with van der Waals surface area (Å²) in [4.78, 5) is 33.3. The van der Waals surface area contributed by atoms with Crippen molar-refractivity contribution in [3.05, 3.63) is 60.2 Å². The Morgan fingerprint density at radius 3 is 2.85 bits per heavy atom.